The molecule has 0 radical (unpaired) electrons. The van der Waals surface area contributed by atoms with Crippen molar-refractivity contribution in [3.63, 3.8) is 0 Å². The molecule has 45 heavy (non-hydrogen) atoms. The van der Waals surface area contributed by atoms with Gasteiger partial charge in [-0.1, -0.05) is 75.4 Å². The number of nitro groups is 1. The molecule has 1 heterocycles. The number of nitrogens with zero attached hydrogens (tertiary/aromatic N) is 3. The second-order valence-electron chi connectivity index (χ2n) is 13.0. The number of nitro benzene ring substituents is 1. The molecule has 0 spiro atoms. The van der Waals surface area contributed by atoms with Gasteiger partial charge < -0.3 is 15.1 Å². The zero-order valence-corrected chi connectivity index (χ0v) is 28.2. The zero-order chi connectivity index (χ0) is 33.2. The van der Waals surface area contributed by atoms with Crippen molar-refractivity contribution in [3.8, 4) is 0 Å². The van der Waals surface area contributed by atoms with Crippen LogP contribution >= 0.6 is 0 Å². The lowest BCUT2D eigenvalue weighted by atomic mass is 9.95. The molecule has 242 valence electrons. The van der Waals surface area contributed by atoms with Gasteiger partial charge in [-0.05, 0) is 53.4 Å². The highest BCUT2D eigenvalue weighted by atomic mass is 32.2. The first-order valence-corrected chi connectivity index (χ1v) is 19.3. The Morgan fingerprint density at radius 1 is 1.07 bits per heavy atom. The molecule has 3 aromatic carbocycles. The average Bonchev–Trinajstić information content (AvgIpc) is 2.97. The maximum Gasteiger partial charge on any atom is 0.289 e. The fraction of sp³-hybridized carbons (Fsp3) is 0.438. The fourth-order valence-corrected chi connectivity index (χ4v) is 8.15. The summed E-state index contributed by atoms with van der Waals surface area (Å²) in [6.07, 6.45) is 0.356. The lowest BCUT2D eigenvalue weighted by Gasteiger charge is -2.41. The van der Waals surface area contributed by atoms with E-state index in [9.17, 15) is 28.1 Å². The van der Waals surface area contributed by atoms with Gasteiger partial charge in [0.25, 0.3) is 15.7 Å². The minimum Gasteiger partial charge on any atom is -0.417 e. The standard InChI is InChI=1S/C32H42N4O7SSi/c1-32(2,3)45(4,5)43-19-16-28-31(38)34(17-18-35(28)44(41,42)29-13-9-8-12-27(29)36(39)40)22-26(30(33)37)21-23-14-15-24-10-6-7-11-25(24)20-23/h6-15,20,26,28H,16-19,21-22H2,1-5H3,(H2,33,37). The van der Waals surface area contributed by atoms with Crippen molar-refractivity contribution in [2.45, 2.75) is 62.7 Å². The first-order valence-electron chi connectivity index (χ1n) is 15.0. The number of piperazine rings is 1. The Kier molecular flexibility index (Phi) is 10.2. The highest BCUT2D eigenvalue weighted by Crippen LogP contribution is 2.37. The molecule has 2 unspecified atom stereocenters. The van der Waals surface area contributed by atoms with Crippen molar-refractivity contribution < 1.29 is 27.4 Å². The summed E-state index contributed by atoms with van der Waals surface area (Å²) in [6, 6.07) is 17.7. The average molecular weight is 655 g/mol. The summed E-state index contributed by atoms with van der Waals surface area (Å²) in [5.74, 6) is -1.77. The first-order chi connectivity index (χ1) is 21.0. The molecule has 2 atom stereocenters. The van der Waals surface area contributed by atoms with Crippen LogP contribution in [0, 0.1) is 16.0 Å². The van der Waals surface area contributed by atoms with Crippen LogP contribution in [0.4, 0.5) is 5.69 Å². The van der Waals surface area contributed by atoms with E-state index in [1.54, 1.807) is 0 Å². The van der Waals surface area contributed by atoms with Gasteiger partial charge in [0, 0.05) is 32.3 Å². The van der Waals surface area contributed by atoms with Gasteiger partial charge in [-0.2, -0.15) is 4.31 Å². The van der Waals surface area contributed by atoms with Gasteiger partial charge in [-0.25, -0.2) is 8.42 Å². The molecule has 2 amide bonds. The van der Waals surface area contributed by atoms with Crippen LogP contribution in [0.1, 0.15) is 32.8 Å². The molecule has 3 aromatic rings. The molecule has 0 aromatic heterocycles. The van der Waals surface area contributed by atoms with E-state index in [2.05, 4.69) is 33.9 Å². The second kappa shape index (κ2) is 13.4. The van der Waals surface area contributed by atoms with E-state index in [0.717, 1.165) is 26.7 Å². The van der Waals surface area contributed by atoms with Crippen LogP contribution in [0.5, 0.6) is 0 Å². The maximum atomic E-state index is 14.1. The van der Waals surface area contributed by atoms with E-state index in [1.165, 1.54) is 23.1 Å². The molecule has 0 bridgehead atoms. The molecule has 1 aliphatic heterocycles. The molecule has 1 aliphatic rings. The Labute approximate surface area is 265 Å². The Morgan fingerprint density at radius 2 is 1.71 bits per heavy atom. The highest BCUT2D eigenvalue weighted by Gasteiger charge is 2.45. The number of benzene rings is 3. The topological polar surface area (TPSA) is 153 Å². The number of carbonyl (C=O) groups excluding carboxylic acids is 2. The summed E-state index contributed by atoms with van der Waals surface area (Å²) >= 11 is 0. The van der Waals surface area contributed by atoms with E-state index in [1.807, 2.05) is 42.5 Å². The van der Waals surface area contributed by atoms with E-state index in [-0.39, 0.29) is 37.7 Å². The summed E-state index contributed by atoms with van der Waals surface area (Å²) in [7, 11) is -6.67. The van der Waals surface area contributed by atoms with Gasteiger partial charge in [0.1, 0.15) is 6.04 Å². The normalized spacial score (nSPS) is 17.4. The Hall–Kier alpha value is -3.65. The van der Waals surface area contributed by atoms with E-state index in [0.29, 0.717) is 6.42 Å². The van der Waals surface area contributed by atoms with Gasteiger partial charge in [0.2, 0.25) is 11.8 Å². The summed E-state index contributed by atoms with van der Waals surface area (Å²) in [4.78, 5) is 38.7. The molecule has 0 aliphatic carbocycles. The Morgan fingerprint density at radius 3 is 2.36 bits per heavy atom. The van der Waals surface area contributed by atoms with Gasteiger partial charge >= 0.3 is 0 Å². The predicted octanol–water partition coefficient (Wildman–Crippen LogP) is 4.71. The van der Waals surface area contributed by atoms with Gasteiger partial charge in [-0.15, -0.1) is 0 Å². The van der Waals surface area contributed by atoms with Crippen LogP contribution in [0.15, 0.2) is 71.6 Å². The molecule has 0 saturated carbocycles. The smallest absolute Gasteiger partial charge is 0.289 e. The Bertz CT molecular complexity index is 1690. The van der Waals surface area contributed by atoms with Crippen molar-refractivity contribution in [1.29, 1.82) is 0 Å². The SMILES string of the molecule is CC(C)(C)[Si](C)(C)OCCC1C(=O)N(CC(Cc2ccc3ccccc3c2)C(N)=O)CCN1S(=O)(=O)c1ccccc1[N+](=O)[O-]. The lowest BCUT2D eigenvalue weighted by molar-refractivity contribution is -0.387. The van der Waals surface area contributed by atoms with Crippen molar-refractivity contribution >= 4 is 46.6 Å². The van der Waals surface area contributed by atoms with Crippen molar-refractivity contribution in [2.75, 3.05) is 26.2 Å². The van der Waals surface area contributed by atoms with Crippen LogP contribution in [0.2, 0.25) is 18.1 Å². The van der Waals surface area contributed by atoms with Gasteiger partial charge in [0.05, 0.1) is 10.8 Å². The number of nitrogens with two attached hydrogens (primary N) is 1. The predicted molar refractivity (Wildman–Crippen MR) is 175 cm³/mol. The maximum absolute atomic E-state index is 14.1. The van der Waals surface area contributed by atoms with Crippen LogP contribution in [-0.4, -0.2) is 75.0 Å². The second-order valence-corrected chi connectivity index (χ2v) is 19.7. The summed E-state index contributed by atoms with van der Waals surface area (Å²) in [6.45, 7) is 10.4. The van der Waals surface area contributed by atoms with Crippen molar-refractivity contribution in [3.05, 3.63) is 82.4 Å². The van der Waals surface area contributed by atoms with Gasteiger partial charge in [-0.3, -0.25) is 19.7 Å². The molecular weight excluding hydrogens is 613 g/mol. The molecule has 1 fully saturated rings. The molecular formula is C32H42N4O7SSi. The van der Waals surface area contributed by atoms with Crippen LogP contribution < -0.4 is 5.73 Å². The number of hydrogen-bond acceptors (Lipinski definition) is 7. The van der Waals surface area contributed by atoms with Crippen molar-refractivity contribution in [2.24, 2.45) is 11.7 Å². The molecule has 4 rings (SSSR count). The largest absolute Gasteiger partial charge is 0.417 e. The number of carbonyl (C=O) groups is 2. The monoisotopic (exact) mass is 654 g/mol. The minimum absolute atomic E-state index is 0.000212. The molecule has 11 nitrogen and oxygen atoms in total. The third-order valence-electron chi connectivity index (χ3n) is 8.98. The quantitative estimate of drug-likeness (QED) is 0.169. The lowest BCUT2D eigenvalue weighted by Crippen LogP contribution is -2.60. The number of amides is 2. The summed E-state index contributed by atoms with van der Waals surface area (Å²) in [5.41, 5.74) is 6.15. The van der Waals surface area contributed by atoms with Crippen LogP contribution in [0.3, 0.4) is 0 Å². The third kappa shape index (κ3) is 7.60. The van der Waals surface area contributed by atoms with Gasteiger partial charge in [0.15, 0.2) is 13.2 Å². The van der Waals surface area contributed by atoms with E-state index < -0.39 is 57.6 Å². The van der Waals surface area contributed by atoms with Crippen LogP contribution in [-0.2, 0) is 30.5 Å². The first kappa shape index (κ1) is 34.2. The number of primary amides is 1. The number of sulfonamides is 1. The summed E-state index contributed by atoms with van der Waals surface area (Å²) in [5, 5.41) is 13.7. The van der Waals surface area contributed by atoms with E-state index in [4.69, 9.17) is 10.2 Å². The van der Waals surface area contributed by atoms with Crippen LogP contribution in [0.25, 0.3) is 10.8 Å². The highest BCUT2D eigenvalue weighted by molar-refractivity contribution is 7.89. The minimum atomic E-state index is -4.44. The third-order valence-corrected chi connectivity index (χ3v) is 15.5. The number of hydrogen-bond donors (Lipinski definition) is 1. The molecule has 2 N–H and O–H groups in total. The van der Waals surface area contributed by atoms with E-state index >= 15 is 0 Å². The summed E-state index contributed by atoms with van der Waals surface area (Å²) < 4.78 is 35.2. The number of para-hydroxylation sites is 1. The molecule has 13 heteroatoms. The van der Waals surface area contributed by atoms with Crippen molar-refractivity contribution in [1.82, 2.24) is 9.21 Å². The number of rotatable bonds is 12. The Balaban J connectivity index is 1.61. The number of fused-ring (bicyclic) bond motifs is 1. The fourth-order valence-electron chi connectivity index (χ4n) is 5.32. The zero-order valence-electron chi connectivity index (χ0n) is 26.4. The molecule has 1 saturated heterocycles.